The second-order valence-corrected chi connectivity index (χ2v) is 8.38. The van der Waals surface area contributed by atoms with E-state index in [9.17, 15) is 13.5 Å². The van der Waals surface area contributed by atoms with E-state index in [4.69, 9.17) is 0 Å². The van der Waals surface area contributed by atoms with E-state index in [0.29, 0.717) is 11.3 Å². The van der Waals surface area contributed by atoms with Gasteiger partial charge in [0.1, 0.15) is 5.75 Å². The summed E-state index contributed by atoms with van der Waals surface area (Å²) in [6.07, 6.45) is 0. The maximum Gasteiger partial charge on any atom is 0.284 e. The molecule has 2 N–H and O–H groups in total. The number of phenolic OH excluding ortho intramolecular Hbond substituents is 1. The molecule has 0 aliphatic rings. The molecule has 7 heteroatoms. The van der Waals surface area contributed by atoms with Crippen LogP contribution in [0.3, 0.4) is 0 Å². The molecule has 0 saturated heterocycles. The fraction of sp³-hybridized carbons (Fsp3) is 0.0500. The first-order valence-electron chi connectivity index (χ1n) is 8.08. The fourth-order valence-electron chi connectivity index (χ4n) is 2.44. The molecule has 0 amide bonds. The van der Waals surface area contributed by atoms with Crippen molar-refractivity contribution < 1.29 is 13.5 Å². The molecule has 5 nitrogen and oxygen atoms in total. The van der Waals surface area contributed by atoms with Crippen LogP contribution in [-0.2, 0) is 10.0 Å². The van der Waals surface area contributed by atoms with Gasteiger partial charge in [-0.1, -0.05) is 46.3 Å². The molecular weight excluding hydrogens is 428 g/mol. The van der Waals surface area contributed by atoms with Gasteiger partial charge in [0.05, 0.1) is 4.90 Å². The third kappa shape index (κ3) is 4.75. The van der Waals surface area contributed by atoms with Gasteiger partial charge in [0.25, 0.3) is 10.0 Å². The summed E-state index contributed by atoms with van der Waals surface area (Å²) in [7, 11) is -3.91. The predicted octanol–water partition coefficient (Wildman–Crippen LogP) is 4.71. The zero-order valence-electron chi connectivity index (χ0n) is 14.4. The Morgan fingerprint density at radius 3 is 2.30 bits per heavy atom. The molecule has 0 fully saturated rings. The number of anilines is 1. The highest BCUT2D eigenvalue weighted by molar-refractivity contribution is 9.10. The SMILES string of the molecule is Cc1cc(O)ccc1NC(=NS(=O)(=O)c1ccc(Br)cc1)c1ccccc1. The van der Waals surface area contributed by atoms with Gasteiger partial charge in [0, 0.05) is 15.7 Å². The molecule has 138 valence electrons. The maximum atomic E-state index is 12.8. The number of hydrogen-bond acceptors (Lipinski definition) is 3. The Balaban J connectivity index is 2.07. The number of benzene rings is 3. The lowest BCUT2D eigenvalue weighted by Gasteiger charge is -2.13. The summed E-state index contributed by atoms with van der Waals surface area (Å²) in [5.74, 6) is 0.339. The molecule has 0 radical (unpaired) electrons. The Kier molecular flexibility index (Phi) is 5.62. The summed E-state index contributed by atoms with van der Waals surface area (Å²) in [6.45, 7) is 1.81. The van der Waals surface area contributed by atoms with Crippen LogP contribution in [0.1, 0.15) is 11.1 Å². The van der Waals surface area contributed by atoms with Crippen LogP contribution in [0.25, 0.3) is 0 Å². The molecule has 0 unspecified atom stereocenters. The maximum absolute atomic E-state index is 12.8. The van der Waals surface area contributed by atoms with Gasteiger partial charge in [-0.3, -0.25) is 0 Å². The number of nitrogens with one attached hydrogen (secondary N) is 1. The van der Waals surface area contributed by atoms with Gasteiger partial charge in [-0.05, 0) is 55.0 Å². The first-order valence-corrected chi connectivity index (χ1v) is 10.3. The van der Waals surface area contributed by atoms with E-state index in [1.54, 1.807) is 36.4 Å². The van der Waals surface area contributed by atoms with Crippen LogP contribution in [0.15, 0.2) is 86.6 Å². The summed E-state index contributed by atoms with van der Waals surface area (Å²) in [4.78, 5) is 0.100. The van der Waals surface area contributed by atoms with Gasteiger partial charge in [-0.15, -0.1) is 4.40 Å². The summed E-state index contributed by atoms with van der Waals surface area (Å²) < 4.78 is 30.4. The minimum Gasteiger partial charge on any atom is -0.508 e. The minimum absolute atomic E-state index is 0.100. The van der Waals surface area contributed by atoms with Crippen LogP contribution in [-0.4, -0.2) is 19.4 Å². The van der Waals surface area contributed by atoms with E-state index < -0.39 is 10.0 Å². The summed E-state index contributed by atoms with van der Waals surface area (Å²) in [6, 6.07) is 20.1. The van der Waals surface area contributed by atoms with Crippen LogP contribution < -0.4 is 5.32 Å². The zero-order chi connectivity index (χ0) is 19.4. The van der Waals surface area contributed by atoms with Gasteiger partial charge in [0.15, 0.2) is 5.84 Å². The van der Waals surface area contributed by atoms with Crippen molar-refractivity contribution >= 4 is 37.5 Å². The molecule has 27 heavy (non-hydrogen) atoms. The number of aryl methyl sites for hydroxylation is 1. The lowest BCUT2D eigenvalue weighted by molar-refractivity contribution is 0.475. The molecule has 0 aromatic heterocycles. The van der Waals surface area contributed by atoms with Crippen molar-refractivity contribution in [3.63, 3.8) is 0 Å². The van der Waals surface area contributed by atoms with Crippen LogP contribution in [0.5, 0.6) is 5.75 Å². The Morgan fingerprint density at radius 1 is 1.00 bits per heavy atom. The largest absolute Gasteiger partial charge is 0.508 e. The van der Waals surface area contributed by atoms with Crippen molar-refractivity contribution in [2.75, 3.05) is 5.32 Å². The van der Waals surface area contributed by atoms with Crippen molar-refractivity contribution in [2.24, 2.45) is 4.40 Å². The van der Waals surface area contributed by atoms with E-state index in [-0.39, 0.29) is 16.5 Å². The lowest BCUT2D eigenvalue weighted by Crippen LogP contribution is -2.17. The minimum atomic E-state index is -3.91. The molecule has 0 aliphatic carbocycles. The molecular formula is C20H17BrN2O3S. The van der Waals surface area contributed by atoms with Crippen molar-refractivity contribution in [1.29, 1.82) is 0 Å². The topological polar surface area (TPSA) is 78.8 Å². The van der Waals surface area contributed by atoms with Gasteiger partial charge >= 0.3 is 0 Å². The molecule has 0 bridgehead atoms. The Hall–Kier alpha value is -2.64. The van der Waals surface area contributed by atoms with Crippen molar-refractivity contribution in [2.45, 2.75) is 11.8 Å². The number of sulfonamides is 1. The van der Waals surface area contributed by atoms with E-state index in [1.807, 2.05) is 25.1 Å². The van der Waals surface area contributed by atoms with Crippen molar-refractivity contribution in [3.05, 3.63) is 88.4 Å². The van der Waals surface area contributed by atoms with E-state index in [0.717, 1.165) is 10.0 Å². The molecule has 0 atom stereocenters. The zero-order valence-corrected chi connectivity index (χ0v) is 16.8. The smallest absolute Gasteiger partial charge is 0.284 e. The lowest BCUT2D eigenvalue weighted by atomic mass is 10.1. The van der Waals surface area contributed by atoms with Crippen molar-refractivity contribution in [3.8, 4) is 5.75 Å². The Morgan fingerprint density at radius 2 is 1.67 bits per heavy atom. The normalized spacial score (nSPS) is 12.0. The average molecular weight is 445 g/mol. The van der Waals surface area contributed by atoms with Crippen LogP contribution in [0.4, 0.5) is 5.69 Å². The standard InChI is InChI=1S/C20H17BrN2O3S/c1-14-13-17(24)9-12-19(14)22-20(15-5-3-2-4-6-15)23-27(25,26)18-10-7-16(21)8-11-18/h2-13,24H,1H3,(H,22,23). The van der Waals surface area contributed by atoms with E-state index in [1.165, 1.54) is 18.2 Å². The van der Waals surface area contributed by atoms with Crippen molar-refractivity contribution in [1.82, 2.24) is 0 Å². The second-order valence-electron chi connectivity index (χ2n) is 5.86. The fourth-order valence-corrected chi connectivity index (χ4v) is 3.68. The summed E-state index contributed by atoms with van der Waals surface area (Å²) in [5.41, 5.74) is 2.05. The van der Waals surface area contributed by atoms with Crippen LogP contribution in [0, 0.1) is 6.92 Å². The van der Waals surface area contributed by atoms with Crippen LogP contribution >= 0.6 is 15.9 Å². The summed E-state index contributed by atoms with van der Waals surface area (Å²) in [5, 5.41) is 12.7. The third-order valence-electron chi connectivity index (χ3n) is 3.83. The molecule has 0 saturated carbocycles. The highest BCUT2D eigenvalue weighted by atomic mass is 79.9. The number of aromatic hydroxyl groups is 1. The highest BCUT2D eigenvalue weighted by Gasteiger charge is 2.16. The number of hydrogen-bond donors (Lipinski definition) is 2. The second kappa shape index (κ2) is 7.94. The summed E-state index contributed by atoms with van der Waals surface area (Å²) >= 11 is 3.29. The first-order chi connectivity index (χ1) is 12.8. The number of rotatable bonds is 4. The molecule has 0 aliphatic heterocycles. The highest BCUT2D eigenvalue weighted by Crippen LogP contribution is 2.22. The number of halogens is 1. The third-order valence-corrected chi connectivity index (χ3v) is 5.65. The molecule has 3 aromatic carbocycles. The molecule has 3 rings (SSSR count). The number of amidine groups is 1. The predicted molar refractivity (Wildman–Crippen MR) is 111 cm³/mol. The van der Waals surface area contributed by atoms with Crippen LogP contribution in [0.2, 0.25) is 0 Å². The monoisotopic (exact) mass is 444 g/mol. The van der Waals surface area contributed by atoms with Gasteiger partial charge < -0.3 is 10.4 Å². The number of nitrogens with zero attached hydrogens (tertiary/aromatic N) is 1. The van der Waals surface area contributed by atoms with Gasteiger partial charge in [-0.25, -0.2) is 0 Å². The Bertz CT molecular complexity index is 1080. The van der Waals surface area contributed by atoms with E-state index in [2.05, 4.69) is 25.6 Å². The Labute approximate surface area is 166 Å². The van der Waals surface area contributed by atoms with E-state index >= 15 is 0 Å². The molecule has 0 heterocycles. The average Bonchev–Trinajstić information content (AvgIpc) is 2.64. The number of phenols is 1. The molecule has 0 spiro atoms. The first kappa shape index (κ1) is 19.1. The quantitative estimate of drug-likeness (QED) is 0.346. The van der Waals surface area contributed by atoms with Gasteiger partial charge in [-0.2, -0.15) is 8.42 Å². The molecule has 3 aromatic rings. The van der Waals surface area contributed by atoms with Gasteiger partial charge in [0.2, 0.25) is 0 Å².